The first-order valence-corrected chi connectivity index (χ1v) is 11.6. The van der Waals surface area contributed by atoms with Gasteiger partial charge in [0.1, 0.15) is 22.3 Å². The number of thiophene rings is 1. The van der Waals surface area contributed by atoms with Crippen molar-refractivity contribution >= 4 is 58.9 Å². The molecule has 0 amide bonds. The number of hydrogen-bond acceptors (Lipinski definition) is 6. The molecule has 0 unspecified atom stereocenters. The van der Waals surface area contributed by atoms with Crippen LogP contribution in [0, 0.1) is 0 Å². The SMILES string of the molecule is COc1ccc(NS(=O)(=O)c2cc(Br)c(Br)s2)c2c1C[C@@H](N(C)C)CO2. The molecule has 1 aliphatic rings. The molecule has 26 heavy (non-hydrogen) atoms. The Morgan fingerprint density at radius 3 is 2.65 bits per heavy atom. The van der Waals surface area contributed by atoms with Gasteiger partial charge in [0.05, 0.1) is 16.6 Å². The maximum Gasteiger partial charge on any atom is 0.271 e. The van der Waals surface area contributed by atoms with Crippen LogP contribution in [-0.4, -0.2) is 47.2 Å². The molecular formula is C16H18Br2N2O4S2. The Hall–Kier alpha value is -0.810. The highest BCUT2D eigenvalue weighted by molar-refractivity contribution is 9.13. The maximum absolute atomic E-state index is 12.7. The van der Waals surface area contributed by atoms with Crippen LogP contribution in [-0.2, 0) is 16.4 Å². The fourth-order valence-corrected chi connectivity index (χ4v) is 6.58. The molecule has 1 atom stereocenters. The zero-order chi connectivity index (χ0) is 19.1. The maximum atomic E-state index is 12.7. The first-order valence-electron chi connectivity index (χ1n) is 7.69. The summed E-state index contributed by atoms with van der Waals surface area (Å²) in [6.45, 7) is 0.484. The summed E-state index contributed by atoms with van der Waals surface area (Å²) < 4.78 is 41.1. The van der Waals surface area contributed by atoms with Crippen molar-refractivity contribution in [3.63, 3.8) is 0 Å². The molecule has 1 aromatic heterocycles. The summed E-state index contributed by atoms with van der Waals surface area (Å²) in [7, 11) is 1.86. The molecule has 10 heteroatoms. The second-order valence-corrected chi connectivity index (χ2v) is 11.2. The van der Waals surface area contributed by atoms with Gasteiger partial charge < -0.3 is 14.4 Å². The molecule has 142 valence electrons. The molecule has 2 aromatic rings. The van der Waals surface area contributed by atoms with Crippen LogP contribution in [0.25, 0.3) is 0 Å². The standard InChI is InChI=1S/C16H18Br2N2O4S2/c1-20(2)9-6-10-13(23-3)5-4-12(15(10)24-8-9)19-26(21,22)14-7-11(17)16(18)25-14/h4-5,7,9,19H,6,8H2,1-3H3/t9-/m1/s1. The number of sulfonamides is 1. The third-order valence-corrected chi connectivity index (χ3v) is 9.25. The predicted octanol–water partition coefficient (Wildman–Crippen LogP) is 3.95. The van der Waals surface area contributed by atoms with Gasteiger partial charge in [0.25, 0.3) is 10.0 Å². The summed E-state index contributed by atoms with van der Waals surface area (Å²) in [6, 6.07) is 5.20. The van der Waals surface area contributed by atoms with E-state index in [4.69, 9.17) is 9.47 Å². The van der Waals surface area contributed by atoms with E-state index in [0.29, 0.717) is 28.3 Å². The van der Waals surface area contributed by atoms with Crippen LogP contribution in [0.3, 0.4) is 0 Å². The smallest absolute Gasteiger partial charge is 0.271 e. The van der Waals surface area contributed by atoms with Gasteiger partial charge in [-0.15, -0.1) is 11.3 Å². The molecule has 0 aliphatic carbocycles. The number of fused-ring (bicyclic) bond motifs is 1. The van der Waals surface area contributed by atoms with Crippen molar-refractivity contribution < 1.29 is 17.9 Å². The molecule has 0 spiro atoms. The van der Waals surface area contributed by atoms with Crippen LogP contribution in [0.2, 0.25) is 0 Å². The Morgan fingerprint density at radius 2 is 2.08 bits per heavy atom. The van der Waals surface area contributed by atoms with Crippen molar-refractivity contribution in [2.45, 2.75) is 16.7 Å². The Kier molecular flexibility index (Phi) is 5.88. The molecule has 0 radical (unpaired) electrons. The number of anilines is 1. The van der Waals surface area contributed by atoms with E-state index in [1.807, 2.05) is 14.1 Å². The van der Waals surface area contributed by atoms with Gasteiger partial charge in [-0.05, 0) is 70.6 Å². The minimum absolute atomic E-state index is 0.201. The first kappa shape index (κ1) is 19.9. The molecule has 3 rings (SSSR count). The van der Waals surface area contributed by atoms with Gasteiger partial charge in [0.2, 0.25) is 0 Å². The highest BCUT2D eigenvalue weighted by Crippen LogP contribution is 2.42. The molecule has 6 nitrogen and oxygen atoms in total. The van der Waals surface area contributed by atoms with Crippen LogP contribution < -0.4 is 14.2 Å². The van der Waals surface area contributed by atoms with Gasteiger partial charge in [0, 0.05) is 16.1 Å². The molecule has 0 bridgehead atoms. The second-order valence-electron chi connectivity index (χ2n) is 6.05. The highest BCUT2D eigenvalue weighted by Gasteiger charge is 2.29. The quantitative estimate of drug-likeness (QED) is 0.640. The van der Waals surface area contributed by atoms with E-state index in [-0.39, 0.29) is 10.3 Å². The van der Waals surface area contributed by atoms with Crippen molar-refractivity contribution in [3.8, 4) is 11.5 Å². The fourth-order valence-electron chi connectivity index (χ4n) is 2.70. The van der Waals surface area contributed by atoms with Crippen molar-refractivity contribution in [1.82, 2.24) is 4.90 Å². The van der Waals surface area contributed by atoms with Crippen molar-refractivity contribution in [2.75, 3.05) is 32.5 Å². The summed E-state index contributed by atoms with van der Waals surface area (Å²) in [5.74, 6) is 1.22. The first-order chi connectivity index (χ1) is 12.2. The van der Waals surface area contributed by atoms with E-state index in [0.717, 1.165) is 27.1 Å². The van der Waals surface area contributed by atoms with E-state index in [1.165, 1.54) is 0 Å². The number of nitrogens with zero attached hydrogens (tertiary/aromatic N) is 1. The van der Waals surface area contributed by atoms with Crippen molar-refractivity contribution in [2.24, 2.45) is 0 Å². The van der Waals surface area contributed by atoms with E-state index < -0.39 is 10.0 Å². The van der Waals surface area contributed by atoms with Gasteiger partial charge in [0.15, 0.2) is 0 Å². The number of benzene rings is 1. The topological polar surface area (TPSA) is 67.9 Å². The van der Waals surface area contributed by atoms with Gasteiger partial charge in [-0.1, -0.05) is 0 Å². The molecule has 2 heterocycles. The minimum atomic E-state index is -3.72. The molecule has 0 fully saturated rings. The van der Waals surface area contributed by atoms with Gasteiger partial charge in [-0.2, -0.15) is 0 Å². The second kappa shape index (κ2) is 7.67. The Bertz CT molecular complexity index is 909. The number of hydrogen-bond donors (Lipinski definition) is 1. The number of halogens is 2. The minimum Gasteiger partial charge on any atom is -0.496 e. The lowest BCUT2D eigenvalue weighted by atomic mass is 10.00. The third-order valence-electron chi connectivity index (χ3n) is 4.16. The summed E-state index contributed by atoms with van der Waals surface area (Å²) in [5, 5.41) is 0. The van der Waals surface area contributed by atoms with E-state index in [1.54, 1.807) is 25.3 Å². The van der Waals surface area contributed by atoms with E-state index >= 15 is 0 Å². The average Bonchev–Trinajstić information content (AvgIpc) is 2.94. The lowest BCUT2D eigenvalue weighted by Crippen LogP contribution is -2.38. The van der Waals surface area contributed by atoms with Crippen LogP contribution in [0.1, 0.15) is 5.56 Å². The fraction of sp³-hybridized carbons (Fsp3) is 0.375. The Labute approximate surface area is 173 Å². The predicted molar refractivity (Wildman–Crippen MR) is 110 cm³/mol. The van der Waals surface area contributed by atoms with Crippen LogP contribution in [0.5, 0.6) is 11.5 Å². The molecule has 1 N–H and O–H groups in total. The molecule has 0 saturated heterocycles. The van der Waals surface area contributed by atoms with Gasteiger partial charge in [-0.3, -0.25) is 4.72 Å². The molecular weight excluding hydrogens is 508 g/mol. The van der Waals surface area contributed by atoms with E-state index in [2.05, 4.69) is 41.5 Å². The Balaban J connectivity index is 1.98. The van der Waals surface area contributed by atoms with Gasteiger partial charge >= 0.3 is 0 Å². The largest absolute Gasteiger partial charge is 0.496 e. The molecule has 1 aromatic carbocycles. The third kappa shape index (κ3) is 3.89. The lowest BCUT2D eigenvalue weighted by molar-refractivity contribution is 0.164. The molecule has 1 aliphatic heterocycles. The normalized spacial score (nSPS) is 16.9. The van der Waals surface area contributed by atoms with E-state index in [9.17, 15) is 8.42 Å². The number of methoxy groups -OCH3 is 1. The summed E-state index contributed by atoms with van der Waals surface area (Å²) >= 11 is 7.78. The summed E-state index contributed by atoms with van der Waals surface area (Å²) in [5.41, 5.74) is 1.28. The lowest BCUT2D eigenvalue weighted by Gasteiger charge is -2.32. The van der Waals surface area contributed by atoms with Gasteiger partial charge in [-0.25, -0.2) is 8.42 Å². The number of nitrogens with one attached hydrogen (secondary N) is 1. The zero-order valence-corrected chi connectivity index (χ0v) is 19.2. The van der Waals surface area contributed by atoms with Crippen molar-refractivity contribution in [1.29, 1.82) is 0 Å². The number of ether oxygens (including phenoxy) is 2. The average molecular weight is 526 g/mol. The Morgan fingerprint density at radius 1 is 1.35 bits per heavy atom. The van der Waals surface area contributed by atoms with Crippen molar-refractivity contribution in [3.05, 3.63) is 32.0 Å². The zero-order valence-electron chi connectivity index (χ0n) is 14.4. The summed E-state index contributed by atoms with van der Waals surface area (Å²) in [4.78, 5) is 2.08. The number of rotatable bonds is 5. The highest BCUT2D eigenvalue weighted by atomic mass is 79.9. The van der Waals surface area contributed by atoms with Crippen LogP contribution >= 0.6 is 43.2 Å². The molecule has 0 saturated carbocycles. The van der Waals surface area contributed by atoms with Crippen LogP contribution in [0.15, 0.2) is 30.7 Å². The summed E-state index contributed by atoms with van der Waals surface area (Å²) in [6.07, 6.45) is 0.719. The van der Waals surface area contributed by atoms with Crippen LogP contribution in [0.4, 0.5) is 5.69 Å². The number of likely N-dealkylation sites (N-methyl/N-ethyl adjacent to an activating group) is 1. The monoisotopic (exact) mass is 524 g/mol.